The molecule has 25 heavy (non-hydrogen) atoms. The maximum Gasteiger partial charge on any atom is 0.243 e. The van der Waals surface area contributed by atoms with Crippen molar-refractivity contribution in [1.82, 2.24) is 4.31 Å². The van der Waals surface area contributed by atoms with Gasteiger partial charge in [0, 0.05) is 25.7 Å². The van der Waals surface area contributed by atoms with Gasteiger partial charge in [0.1, 0.15) is 0 Å². The van der Waals surface area contributed by atoms with Crippen LogP contribution in [0.25, 0.3) is 0 Å². The summed E-state index contributed by atoms with van der Waals surface area (Å²) in [4.78, 5) is 13.7. The van der Waals surface area contributed by atoms with E-state index in [1.165, 1.54) is 11.2 Å². The maximum atomic E-state index is 13.3. The van der Waals surface area contributed by atoms with Gasteiger partial charge in [-0.25, -0.2) is 8.42 Å². The minimum absolute atomic E-state index is 0.0680. The summed E-state index contributed by atoms with van der Waals surface area (Å²) in [6.07, 6.45) is 2.11. The highest BCUT2D eigenvalue weighted by Crippen LogP contribution is 2.56. The second kappa shape index (κ2) is 5.05. The molecule has 1 amide bonds. The van der Waals surface area contributed by atoms with E-state index in [0.717, 1.165) is 24.8 Å². The Kier molecular flexibility index (Phi) is 3.19. The van der Waals surface area contributed by atoms with Gasteiger partial charge >= 0.3 is 0 Å². The smallest absolute Gasteiger partial charge is 0.243 e. The largest absolute Gasteiger partial charge is 0.391 e. The summed E-state index contributed by atoms with van der Waals surface area (Å²) >= 11 is 0. The molecule has 4 aliphatic rings. The highest BCUT2D eigenvalue weighted by molar-refractivity contribution is 7.89. The van der Waals surface area contributed by atoms with Crippen LogP contribution in [0.5, 0.6) is 0 Å². The molecule has 0 aromatic heterocycles. The van der Waals surface area contributed by atoms with Gasteiger partial charge in [-0.15, -0.1) is 0 Å². The lowest BCUT2D eigenvalue weighted by Crippen LogP contribution is -2.43. The number of nitrogens with zero attached hydrogens (tertiary/aromatic N) is 2. The lowest BCUT2D eigenvalue weighted by molar-refractivity contribution is -0.116. The first-order valence-electron chi connectivity index (χ1n) is 8.99. The summed E-state index contributed by atoms with van der Waals surface area (Å²) in [6.45, 7) is 2.62. The first-order valence-corrected chi connectivity index (χ1v) is 10.4. The lowest BCUT2D eigenvalue weighted by atomic mass is 9.88. The Hall–Kier alpha value is -1.44. The van der Waals surface area contributed by atoms with Crippen LogP contribution in [0.15, 0.2) is 23.1 Å². The molecule has 3 fully saturated rings. The van der Waals surface area contributed by atoms with Gasteiger partial charge in [-0.2, -0.15) is 4.31 Å². The molecule has 2 heterocycles. The van der Waals surface area contributed by atoms with Crippen LogP contribution >= 0.6 is 0 Å². The molecule has 0 radical (unpaired) electrons. The Morgan fingerprint density at radius 3 is 2.76 bits per heavy atom. The second-order valence-corrected chi connectivity index (χ2v) is 9.81. The SMILES string of the molecule is CC(=O)N1CCc2ccc(S(=O)(=O)N3CC4CC5CC4C3C5O)cc21. The standard InChI is InChI=1S/C18H22N2O4S/c1-10(21)19-5-4-11-2-3-14(8-16(11)19)25(23,24)20-9-13-6-12-7-15(13)17(20)18(12)22/h2-3,8,12-13,15,17-18,22H,4-7,9H2,1H3. The zero-order valence-electron chi connectivity index (χ0n) is 14.1. The summed E-state index contributed by atoms with van der Waals surface area (Å²) in [6, 6.07) is 4.84. The molecule has 2 bridgehead atoms. The van der Waals surface area contributed by atoms with Crippen molar-refractivity contribution in [2.45, 2.75) is 43.2 Å². The number of aliphatic hydroxyl groups excluding tert-OH is 1. The third-order valence-corrected chi connectivity index (χ3v) is 8.60. The average Bonchev–Trinajstić information content (AvgIpc) is 3.27. The highest BCUT2D eigenvalue weighted by Gasteiger charge is 2.61. The average molecular weight is 362 g/mol. The predicted octanol–water partition coefficient (Wildman–Crippen LogP) is 0.985. The number of anilines is 1. The van der Waals surface area contributed by atoms with E-state index in [2.05, 4.69) is 0 Å². The van der Waals surface area contributed by atoms with Gasteiger partial charge in [0.2, 0.25) is 15.9 Å². The maximum absolute atomic E-state index is 13.3. The summed E-state index contributed by atoms with van der Waals surface area (Å²) in [7, 11) is -3.67. The molecule has 1 N–H and O–H groups in total. The van der Waals surface area contributed by atoms with Crippen LogP contribution in [0.4, 0.5) is 5.69 Å². The Bertz CT molecular complexity index is 866. The lowest BCUT2D eigenvalue weighted by Gasteiger charge is -2.28. The molecule has 134 valence electrons. The topological polar surface area (TPSA) is 77.9 Å². The molecule has 1 aromatic carbocycles. The van der Waals surface area contributed by atoms with E-state index in [4.69, 9.17) is 0 Å². The van der Waals surface area contributed by atoms with Gasteiger partial charge in [-0.05, 0) is 54.7 Å². The van der Waals surface area contributed by atoms with Crippen molar-refractivity contribution < 1.29 is 18.3 Å². The van der Waals surface area contributed by atoms with Gasteiger partial charge in [-0.1, -0.05) is 6.07 Å². The predicted molar refractivity (Wildman–Crippen MR) is 91.6 cm³/mol. The zero-order valence-corrected chi connectivity index (χ0v) is 14.9. The fourth-order valence-electron chi connectivity index (χ4n) is 5.62. The Morgan fingerprint density at radius 2 is 2.04 bits per heavy atom. The molecule has 1 saturated heterocycles. The van der Waals surface area contributed by atoms with Gasteiger partial charge in [0.25, 0.3) is 0 Å². The summed E-state index contributed by atoms with van der Waals surface area (Å²) in [5.41, 5.74) is 1.72. The van der Waals surface area contributed by atoms with Crippen molar-refractivity contribution in [2.24, 2.45) is 17.8 Å². The molecule has 5 rings (SSSR count). The van der Waals surface area contributed by atoms with E-state index >= 15 is 0 Å². The third-order valence-electron chi connectivity index (χ3n) is 6.74. The summed E-state index contributed by atoms with van der Waals surface area (Å²) < 4.78 is 28.1. The summed E-state index contributed by atoms with van der Waals surface area (Å²) in [5, 5.41) is 10.5. The third kappa shape index (κ3) is 2.03. The van der Waals surface area contributed by atoms with Crippen LogP contribution in [-0.4, -0.2) is 49.0 Å². The van der Waals surface area contributed by atoms with Crippen LogP contribution in [0.3, 0.4) is 0 Å². The van der Waals surface area contributed by atoms with Crippen LogP contribution in [0.2, 0.25) is 0 Å². The molecule has 0 spiro atoms. The van der Waals surface area contributed by atoms with Crippen molar-refractivity contribution in [1.29, 1.82) is 0 Å². The number of sulfonamides is 1. The van der Waals surface area contributed by atoms with Crippen molar-refractivity contribution >= 4 is 21.6 Å². The Labute approximate surface area is 147 Å². The number of amides is 1. The van der Waals surface area contributed by atoms with Gasteiger partial charge < -0.3 is 10.0 Å². The molecule has 7 heteroatoms. The second-order valence-electron chi connectivity index (χ2n) is 7.92. The Balaban J connectivity index is 1.53. The first-order chi connectivity index (χ1) is 11.9. The number of carbonyl (C=O) groups excluding carboxylic acids is 1. The van der Waals surface area contributed by atoms with E-state index in [0.29, 0.717) is 30.6 Å². The Morgan fingerprint density at radius 1 is 1.24 bits per heavy atom. The molecule has 5 atom stereocenters. The fourth-order valence-corrected chi connectivity index (χ4v) is 7.38. The minimum Gasteiger partial charge on any atom is -0.391 e. The number of carbonyl (C=O) groups is 1. The molecule has 2 aliphatic carbocycles. The van der Waals surface area contributed by atoms with Gasteiger partial charge in [0.15, 0.2) is 0 Å². The summed E-state index contributed by atoms with van der Waals surface area (Å²) in [5.74, 6) is 0.879. The van der Waals surface area contributed by atoms with Crippen molar-refractivity contribution in [3.8, 4) is 0 Å². The van der Waals surface area contributed by atoms with Crippen molar-refractivity contribution in [3.63, 3.8) is 0 Å². The molecule has 2 aliphatic heterocycles. The quantitative estimate of drug-likeness (QED) is 0.851. The van der Waals surface area contributed by atoms with E-state index in [1.807, 2.05) is 6.07 Å². The molecule has 6 nitrogen and oxygen atoms in total. The number of hydrogen-bond donors (Lipinski definition) is 1. The number of benzene rings is 1. The molecule has 2 saturated carbocycles. The van der Waals surface area contributed by atoms with E-state index in [9.17, 15) is 18.3 Å². The van der Waals surface area contributed by atoms with E-state index < -0.39 is 16.1 Å². The van der Waals surface area contributed by atoms with Crippen LogP contribution < -0.4 is 4.90 Å². The first kappa shape index (κ1) is 15.8. The van der Waals surface area contributed by atoms with Crippen molar-refractivity contribution in [2.75, 3.05) is 18.0 Å². The van der Waals surface area contributed by atoms with Crippen LogP contribution in [0, 0.1) is 17.8 Å². The van der Waals surface area contributed by atoms with E-state index in [-0.39, 0.29) is 22.8 Å². The minimum atomic E-state index is -3.67. The molecular formula is C18H22N2O4S. The van der Waals surface area contributed by atoms with Crippen molar-refractivity contribution in [3.05, 3.63) is 23.8 Å². The number of aliphatic hydroxyl groups is 1. The van der Waals surface area contributed by atoms with Gasteiger partial charge in [-0.3, -0.25) is 4.79 Å². The number of fused-ring (bicyclic) bond motifs is 2. The van der Waals surface area contributed by atoms with E-state index in [1.54, 1.807) is 17.0 Å². The normalized spacial score (nSPS) is 36.2. The van der Waals surface area contributed by atoms with Gasteiger partial charge in [0.05, 0.1) is 17.0 Å². The molecule has 1 aromatic rings. The monoisotopic (exact) mass is 362 g/mol. The zero-order chi connectivity index (χ0) is 17.5. The van der Waals surface area contributed by atoms with Crippen LogP contribution in [0.1, 0.15) is 25.3 Å². The number of rotatable bonds is 2. The molecule has 5 unspecified atom stereocenters. The van der Waals surface area contributed by atoms with Crippen LogP contribution in [-0.2, 0) is 21.2 Å². The molecular weight excluding hydrogens is 340 g/mol. The fraction of sp³-hybridized carbons (Fsp3) is 0.611. The highest BCUT2D eigenvalue weighted by atomic mass is 32.2. The number of hydrogen-bond acceptors (Lipinski definition) is 4.